The summed E-state index contributed by atoms with van der Waals surface area (Å²) in [6, 6.07) is 7.13. The van der Waals surface area contributed by atoms with Crippen LogP contribution in [0.1, 0.15) is 58.2 Å². The summed E-state index contributed by atoms with van der Waals surface area (Å²) in [5, 5.41) is 13.8. The van der Waals surface area contributed by atoms with Crippen LogP contribution in [0.25, 0.3) is 10.1 Å². The van der Waals surface area contributed by atoms with Crippen molar-refractivity contribution in [3.8, 4) is 5.75 Å². The fraction of sp³-hybridized carbons (Fsp3) is 0.367. The number of ether oxygens (including phenoxy) is 1. The Hall–Kier alpha value is -3.77. The Bertz CT molecular complexity index is 1580. The number of ketones is 1. The number of nitrogens with two attached hydrogens (primary N) is 3. The summed E-state index contributed by atoms with van der Waals surface area (Å²) in [6.45, 7) is 9.61. The number of hydrogen-bond acceptors (Lipinski definition) is 9. The van der Waals surface area contributed by atoms with Gasteiger partial charge < -0.3 is 37.3 Å². The van der Waals surface area contributed by atoms with Gasteiger partial charge in [0.2, 0.25) is 5.91 Å². The predicted octanol–water partition coefficient (Wildman–Crippen LogP) is 2.24. The summed E-state index contributed by atoms with van der Waals surface area (Å²) in [5.74, 6) is -0.574. The van der Waals surface area contributed by atoms with Crippen LogP contribution in [-0.2, 0) is 15.1 Å². The van der Waals surface area contributed by atoms with Crippen LogP contribution in [0, 0.1) is 6.92 Å². The molecule has 0 radical (unpaired) electrons. The number of aryl methyl sites for hydroxylation is 1. The summed E-state index contributed by atoms with van der Waals surface area (Å²) in [5.41, 5.74) is 21.1. The minimum absolute atomic E-state index is 0.0195. The third kappa shape index (κ3) is 4.78. The number of carbonyl (C=O) groups excluding carboxylic acids is 3. The number of nitrogens with zero attached hydrogens (tertiary/aromatic N) is 1. The average Bonchev–Trinajstić information content (AvgIpc) is 3.32. The lowest BCUT2D eigenvalue weighted by Crippen LogP contribution is -2.54. The third-order valence-electron chi connectivity index (χ3n) is 7.76. The second-order valence-corrected chi connectivity index (χ2v) is 12.1. The molecule has 11 heteroatoms. The lowest BCUT2D eigenvalue weighted by atomic mass is 9.69. The van der Waals surface area contributed by atoms with E-state index in [-0.39, 0.29) is 36.4 Å². The van der Waals surface area contributed by atoms with Gasteiger partial charge in [-0.05, 0) is 68.2 Å². The van der Waals surface area contributed by atoms with Gasteiger partial charge in [0.05, 0.1) is 27.8 Å². The molecule has 0 bridgehead atoms. The molecule has 3 aromatic rings. The molecule has 2 heterocycles. The fourth-order valence-electron chi connectivity index (χ4n) is 5.99. The molecule has 2 aromatic carbocycles. The third-order valence-corrected chi connectivity index (χ3v) is 9.02. The van der Waals surface area contributed by atoms with Crippen LogP contribution < -0.4 is 27.3 Å². The first-order chi connectivity index (χ1) is 19.4. The molecule has 5 rings (SSSR count). The topological polar surface area (TPSA) is 174 Å². The highest BCUT2D eigenvalue weighted by atomic mass is 32.1. The van der Waals surface area contributed by atoms with Crippen molar-refractivity contribution >= 4 is 44.7 Å². The molecule has 10 nitrogen and oxygen atoms in total. The molecule has 1 fully saturated rings. The first-order valence-electron chi connectivity index (χ1n) is 13.5. The SMILES string of the molecule is C=CC(=O)N1C[C@H](O)C[C@@H](NC(=O)c2sc3c(N)ccc4c3c2C(N)C(=O)C4(N)c2ccc(OC(C)C)cc2C)C1. The van der Waals surface area contributed by atoms with Crippen molar-refractivity contribution < 1.29 is 24.2 Å². The maximum Gasteiger partial charge on any atom is 0.262 e. The van der Waals surface area contributed by atoms with Crippen LogP contribution in [-0.4, -0.2) is 58.9 Å². The maximum atomic E-state index is 14.1. The summed E-state index contributed by atoms with van der Waals surface area (Å²) in [4.78, 5) is 41.6. The Kier molecular flexibility index (Phi) is 7.41. The number of nitrogens with one attached hydrogen (secondary N) is 1. The number of Topliss-reactive ketones (excluding diaryl/α,β-unsaturated/α-hetero) is 1. The van der Waals surface area contributed by atoms with Crippen LogP contribution >= 0.6 is 11.3 Å². The molecule has 1 aliphatic carbocycles. The van der Waals surface area contributed by atoms with E-state index in [1.165, 1.54) is 11.0 Å². The zero-order valence-corrected chi connectivity index (χ0v) is 24.1. The van der Waals surface area contributed by atoms with Crippen molar-refractivity contribution in [1.82, 2.24) is 10.2 Å². The van der Waals surface area contributed by atoms with Crippen molar-refractivity contribution in [3.63, 3.8) is 0 Å². The normalized spacial score (nSPS) is 24.0. The van der Waals surface area contributed by atoms with Crippen LogP contribution in [0.15, 0.2) is 43.0 Å². The van der Waals surface area contributed by atoms with Crippen LogP contribution in [0.5, 0.6) is 5.75 Å². The highest BCUT2D eigenvalue weighted by Crippen LogP contribution is 2.50. The molecule has 1 aromatic heterocycles. The van der Waals surface area contributed by atoms with Gasteiger partial charge in [-0.15, -0.1) is 11.3 Å². The van der Waals surface area contributed by atoms with Gasteiger partial charge in [-0.3, -0.25) is 14.4 Å². The van der Waals surface area contributed by atoms with E-state index in [4.69, 9.17) is 21.9 Å². The van der Waals surface area contributed by atoms with Crippen molar-refractivity contribution in [2.75, 3.05) is 18.8 Å². The Morgan fingerprint density at radius 3 is 2.61 bits per heavy atom. The number of anilines is 1. The summed E-state index contributed by atoms with van der Waals surface area (Å²) < 4.78 is 6.44. The monoisotopic (exact) mass is 577 g/mol. The number of hydrogen-bond donors (Lipinski definition) is 5. The highest BCUT2D eigenvalue weighted by molar-refractivity contribution is 7.21. The highest BCUT2D eigenvalue weighted by Gasteiger charge is 2.49. The second kappa shape index (κ2) is 10.6. The van der Waals surface area contributed by atoms with Crippen LogP contribution in [0.4, 0.5) is 5.69 Å². The zero-order chi connectivity index (χ0) is 29.8. The molecule has 0 saturated carbocycles. The fourth-order valence-corrected chi connectivity index (χ4v) is 7.19. The smallest absolute Gasteiger partial charge is 0.262 e. The number of benzene rings is 2. The van der Waals surface area contributed by atoms with Crippen molar-refractivity contribution in [1.29, 1.82) is 0 Å². The van der Waals surface area contributed by atoms with E-state index >= 15 is 0 Å². The quantitative estimate of drug-likeness (QED) is 0.219. The summed E-state index contributed by atoms with van der Waals surface area (Å²) in [7, 11) is 0. The van der Waals surface area contributed by atoms with Gasteiger partial charge in [-0.1, -0.05) is 18.7 Å². The summed E-state index contributed by atoms with van der Waals surface area (Å²) >= 11 is 1.15. The zero-order valence-electron chi connectivity index (χ0n) is 23.3. The van der Waals surface area contributed by atoms with E-state index in [1.807, 2.05) is 26.8 Å². The van der Waals surface area contributed by atoms with E-state index < -0.39 is 35.4 Å². The van der Waals surface area contributed by atoms with E-state index in [0.717, 1.165) is 16.9 Å². The second-order valence-electron chi connectivity index (χ2n) is 11.1. The van der Waals surface area contributed by atoms with E-state index in [2.05, 4.69) is 11.9 Å². The maximum absolute atomic E-state index is 14.1. The first kappa shape index (κ1) is 28.7. The van der Waals surface area contributed by atoms with Crippen molar-refractivity contribution in [3.05, 3.63) is 70.1 Å². The molecule has 2 aliphatic rings. The predicted molar refractivity (Wildman–Crippen MR) is 159 cm³/mol. The number of carbonyl (C=O) groups is 3. The van der Waals surface area contributed by atoms with Gasteiger partial charge in [-0.2, -0.15) is 0 Å². The molecule has 2 amide bonds. The molecule has 2 unspecified atom stereocenters. The molecule has 41 heavy (non-hydrogen) atoms. The number of aliphatic hydroxyl groups is 1. The molecule has 4 atom stereocenters. The number of β-amino-alcohol motifs (C(OH)–C–C–N with tert-alkyl or cyclic N) is 1. The van der Waals surface area contributed by atoms with Crippen LogP contribution in [0.2, 0.25) is 0 Å². The molecule has 1 saturated heterocycles. The number of amides is 2. The van der Waals surface area contributed by atoms with Crippen molar-refractivity contribution in [2.45, 2.75) is 57.0 Å². The Morgan fingerprint density at radius 1 is 1.24 bits per heavy atom. The molecular formula is C30H35N5O5S. The Morgan fingerprint density at radius 2 is 1.95 bits per heavy atom. The number of nitrogen functional groups attached to an aromatic ring is 1. The summed E-state index contributed by atoms with van der Waals surface area (Å²) in [6.07, 6.45) is 0.623. The van der Waals surface area contributed by atoms with E-state index in [9.17, 15) is 19.5 Å². The Balaban J connectivity index is 1.58. The molecule has 1 aliphatic heterocycles. The van der Waals surface area contributed by atoms with Crippen LogP contribution in [0.3, 0.4) is 0 Å². The van der Waals surface area contributed by atoms with E-state index in [1.54, 1.807) is 24.3 Å². The van der Waals surface area contributed by atoms with Gasteiger partial charge >= 0.3 is 0 Å². The number of rotatable bonds is 6. The molecule has 216 valence electrons. The number of aliphatic hydroxyl groups excluding tert-OH is 1. The standard InChI is InChI=1S/C30H35N5O5S/c1-5-22(37)35-12-16(11-17(36)13-35)34-29(39)27-24-23-20(8-9-21(31)26(23)41-27)30(33,28(38)25(24)32)19-7-6-18(10-15(19)4)40-14(2)3/h5-10,14,16-17,25,36H,1,11-13,31-33H2,2-4H3,(H,34,39)/t16-,17-,25?,30?/m1/s1. The molecule has 0 spiro atoms. The molecule has 8 N–H and O–H groups in total. The van der Waals surface area contributed by atoms with Gasteiger partial charge in [0.25, 0.3) is 5.91 Å². The van der Waals surface area contributed by atoms with Gasteiger partial charge in [-0.25, -0.2) is 0 Å². The molecular weight excluding hydrogens is 542 g/mol. The van der Waals surface area contributed by atoms with Gasteiger partial charge in [0, 0.05) is 35.8 Å². The average molecular weight is 578 g/mol. The van der Waals surface area contributed by atoms with E-state index in [0.29, 0.717) is 38.2 Å². The lowest BCUT2D eigenvalue weighted by Gasteiger charge is -2.38. The minimum atomic E-state index is -1.58. The number of thiophene rings is 1. The lowest BCUT2D eigenvalue weighted by molar-refractivity contribution is -0.129. The Labute approximate surface area is 242 Å². The minimum Gasteiger partial charge on any atom is -0.491 e. The first-order valence-corrected chi connectivity index (χ1v) is 14.3. The largest absolute Gasteiger partial charge is 0.491 e. The number of piperidine rings is 1. The van der Waals surface area contributed by atoms with Gasteiger partial charge in [0.15, 0.2) is 5.78 Å². The van der Waals surface area contributed by atoms with Crippen molar-refractivity contribution in [2.24, 2.45) is 11.5 Å². The van der Waals surface area contributed by atoms with Gasteiger partial charge in [0.1, 0.15) is 11.3 Å². The number of likely N-dealkylation sites (tertiary alicyclic amines) is 1.